The molecular formula is C14H22N2O4. The Morgan fingerprint density at radius 1 is 1.20 bits per heavy atom. The van der Waals surface area contributed by atoms with Gasteiger partial charge in [0.1, 0.15) is 0 Å². The lowest BCUT2D eigenvalue weighted by molar-refractivity contribution is -0.163. The monoisotopic (exact) mass is 282 g/mol. The molecule has 0 fully saturated rings. The third kappa shape index (κ3) is 4.08. The molecule has 112 valence electrons. The predicted octanol–water partition coefficient (Wildman–Crippen LogP) is 1.75. The fourth-order valence-electron chi connectivity index (χ4n) is 1.97. The second kappa shape index (κ2) is 7.07. The van der Waals surface area contributed by atoms with Gasteiger partial charge in [-0.2, -0.15) is 0 Å². The molecule has 0 saturated carbocycles. The fourth-order valence-corrected chi connectivity index (χ4v) is 1.97. The Balaban J connectivity index is 2.88. The molecule has 0 N–H and O–H groups in total. The molecule has 0 aliphatic carbocycles. The number of esters is 2. The first-order valence-electron chi connectivity index (χ1n) is 6.74. The van der Waals surface area contributed by atoms with Gasteiger partial charge in [0.05, 0.1) is 19.5 Å². The lowest BCUT2D eigenvalue weighted by atomic mass is 9.90. The lowest BCUT2D eigenvalue weighted by Crippen LogP contribution is -2.36. The van der Waals surface area contributed by atoms with Crippen LogP contribution >= 0.6 is 0 Å². The Morgan fingerprint density at radius 2 is 1.75 bits per heavy atom. The smallest absolute Gasteiger partial charge is 0.320 e. The molecule has 1 heterocycles. The van der Waals surface area contributed by atoms with Crippen molar-refractivity contribution in [2.45, 2.75) is 39.7 Å². The minimum Gasteiger partial charge on any atom is -0.465 e. The van der Waals surface area contributed by atoms with Gasteiger partial charge in [-0.1, -0.05) is 0 Å². The summed E-state index contributed by atoms with van der Waals surface area (Å²) in [6.07, 6.45) is 5.41. The van der Waals surface area contributed by atoms with Gasteiger partial charge in [0.25, 0.3) is 0 Å². The van der Waals surface area contributed by atoms with E-state index in [1.165, 1.54) is 0 Å². The summed E-state index contributed by atoms with van der Waals surface area (Å²) < 4.78 is 11.8. The number of carbonyl (C=O) groups is 2. The van der Waals surface area contributed by atoms with E-state index in [4.69, 9.17) is 9.47 Å². The summed E-state index contributed by atoms with van der Waals surface area (Å²) in [6, 6.07) is 0. The Bertz CT molecular complexity index is 422. The first kappa shape index (κ1) is 16.2. The Kier molecular flexibility index (Phi) is 5.73. The molecule has 0 spiro atoms. The molecule has 0 aromatic carbocycles. The van der Waals surface area contributed by atoms with E-state index >= 15 is 0 Å². The van der Waals surface area contributed by atoms with Crippen LogP contribution in [-0.2, 0) is 24.6 Å². The van der Waals surface area contributed by atoms with Crippen LogP contribution in [0.2, 0.25) is 0 Å². The van der Waals surface area contributed by atoms with E-state index < -0.39 is 23.4 Å². The molecule has 0 atom stereocenters. The molecule has 0 bridgehead atoms. The molecule has 20 heavy (non-hydrogen) atoms. The van der Waals surface area contributed by atoms with E-state index in [1.807, 2.05) is 18.4 Å². The molecule has 1 rings (SSSR count). The molecule has 0 aliphatic rings. The van der Waals surface area contributed by atoms with Crippen LogP contribution in [0.15, 0.2) is 18.7 Å². The van der Waals surface area contributed by atoms with Gasteiger partial charge in [0.2, 0.25) is 0 Å². The molecule has 6 heteroatoms. The maximum Gasteiger partial charge on any atom is 0.320 e. The summed E-state index contributed by atoms with van der Waals surface area (Å²) in [5.41, 5.74) is -0.444. The molecule has 6 nitrogen and oxygen atoms in total. The normalized spacial score (nSPS) is 11.4. The third-order valence-electron chi connectivity index (χ3n) is 3.05. The van der Waals surface area contributed by atoms with Crippen molar-refractivity contribution in [1.29, 1.82) is 0 Å². The number of hydrogen-bond donors (Lipinski definition) is 0. The average Bonchev–Trinajstić information content (AvgIpc) is 2.91. The van der Waals surface area contributed by atoms with Crippen molar-refractivity contribution in [2.24, 2.45) is 5.92 Å². The zero-order valence-electron chi connectivity index (χ0n) is 12.5. The number of ether oxygens (including phenoxy) is 2. The Morgan fingerprint density at radius 3 is 2.15 bits per heavy atom. The van der Waals surface area contributed by atoms with E-state index in [-0.39, 0.29) is 13.2 Å². The predicted molar refractivity (Wildman–Crippen MR) is 72.9 cm³/mol. The lowest BCUT2D eigenvalue weighted by Gasteiger charge is -2.29. The van der Waals surface area contributed by atoms with Crippen LogP contribution in [-0.4, -0.2) is 34.7 Å². The second-order valence-corrected chi connectivity index (χ2v) is 5.04. The Labute approximate surface area is 119 Å². The van der Waals surface area contributed by atoms with Gasteiger partial charge in [0.15, 0.2) is 5.92 Å². The van der Waals surface area contributed by atoms with Gasteiger partial charge in [-0.3, -0.25) is 9.59 Å². The summed E-state index contributed by atoms with van der Waals surface area (Å²) in [6.45, 7) is 7.75. The largest absolute Gasteiger partial charge is 0.465 e. The number of nitrogens with zero attached hydrogens (tertiary/aromatic N) is 2. The molecule has 1 aromatic rings. The van der Waals surface area contributed by atoms with Gasteiger partial charge < -0.3 is 14.0 Å². The van der Waals surface area contributed by atoms with Crippen molar-refractivity contribution in [1.82, 2.24) is 9.55 Å². The molecule has 0 aliphatic heterocycles. The van der Waals surface area contributed by atoms with Gasteiger partial charge in [-0.25, -0.2) is 4.98 Å². The van der Waals surface area contributed by atoms with Crippen LogP contribution in [0.3, 0.4) is 0 Å². The molecular weight excluding hydrogens is 260 g/mol. The van der Waals surface area contributed by atoms with E-state index in [0.29, 0.717) is 6.42 Å². The number of hydrogen-bond acceptors (Lipinski definition) is 5. The molecule has 0 radical (unpaired) electrons. The first-order chi connectivity index (χ1) is 9.42. The van der Waals surface area contributed by atoms with Crippen molar-refractivity contribution >= 4 is 11.9 Å². The van der Waals surface area contributed by atoms with Gasteiger partial charge >= 0.3 is 11.9 Å². The zero-order chi connectivity index (χ0) is 15.2. The summed E-state index contributed by atoms with van der Waals surface area (Å²) in [5, 5.41) is 0. The zero-order valence-corrected chi connectivity index (χ0v) is 12.5. The van der Waals surface area contributed by atoms with Crippen molar-refractivity contribution in [3.8, 4) is 0 Å². The molecule has 0 amide bonds. The third-order valence-corrected chi connectivity index (χ3v) is 3.05. The first-order valence-corrected chi connectivity index (χ1v) is 6.74. The second-order valence-electron chi connectivity index (χ2n) is 5.04. The van der Waals surface area contributed by atoms with Crippen LogP contribution in [0.1, 0.15) is 34.1 Å². The summed E-state index contributed by atoms with van der Waals surface area (Å²) >= 11 is 0. The van der Waals surface area contributed by atoms with Crippen LogP contribution < -0.4 is 0 Å². The average molecular weight is 282 g/mol. The standard InChI is InChI=1S/C14H22N2O4/c1-5-19-12(17)11(13(18)20-6-2)9-14(3,4)16-8-7-15-10-16/h7-8,10-11H,5-6,9H2,1-4H3. The van der Waals surface area contributed by atoms with E-state index in [1.54, 1.807) is 32.6 Å². The van der Waals surface area contributed by atoms with Crippen LogP contribution in [0.4, 0.5) is 0 Å². The highest BCUT2D eigenvalue weighted by Crippen LogP contribution is 2.26. The van der Waals surface area contributed by atoms with Crippen molar-refractivity contribution < 1.29 is 19.1 Å². The summed E-state index contributed by atoms with van der Waals surface area (Å²) in [5.74, 6) is -2.01. The maximum atomic E-state index is 12.0. The highest BCUT2D eigenvalue weighted by molar-refractivity contribution is 5.95. The van der Waals surface area contributed by atoms with E-state index in [2.05, 4.69) is 4.98 Å². The van der Waals surface area contributed by atoms with Crippen LogP contribution in [0.25, 0.3) is 0 Å². The summed E-state index contributed by atoms with van der Waals surface area (Å²) in [7, 11) is 0. The quantitative estimate of drug-likeness (QED) is 0.563. The SMILES string of the molecule is CCOC(=O)C(CC(C)(C)n1ccnc1)C(=O)OCC. The van der Waals surface area contributed by atoms with Crippen molar-refractivity contribution in [3.05, 3.63) is 18.7 Å². The topological polar surface area (TPSA) is 70.4 Å². The molecule has 0 unspecified atom stereocenters. The highest BCUT2D eigenvalue weighted by Gasteiger charge is 2.36. The maximum absolute atomic E-state index is 12.0. The van der Waals surface area contributed by atoms with Gasteiger partial charge in [0, 0.05) is 17.9 Å². The van der Waals surface area contributed by atoms with Crippen LogP contribution in [0.5, 0.6) is 0 Å². The number of aromatic nitrogens is 2. The summed E-state index contributed by atoms with van der Waals surface area (Å²) in [4.78, 5) is 27.9. The van der Waals surface area contributed by atoms with Crippen molar-refractivity contribution in [3.63, 3.8) is 0 Å². The molecule has 1 aromatic heterocycles. The number of imidazole rings is 1. The Hall–Kier alpha value is -1.85. The number of carbonyl (C=O) groups excluding carboxylic acids is 2. The van der Waals surface area contributed by atoms with Gasteiger partial charge in [-0.15, -0.1) is 0 Å². The fraction of sp³-hybridized carbons (Fsp3) is 0.643. The van der Waals surface area contributed by atoms with Crippen LogP contribution in [0, 0.1) is 5.92 Å². The van der Waals surface area contributed by atoms with E-state index in [9.17, 15) is 9.59 Å². The highest BCUT2D eigenvalue weighted by atomic mass is 16.6. The van der Waals surface area contributed by atoms with E-state index in [0.717, 1.165) is 0 Å². The minimum absolute atomic E-state index is 0.236. The molecule has 0 saturated heterocycles. The van der Waals surface area contributed by atoms with Crippen molar-refractivity contribution in [2.75, 3.05) is 13.2 Å². The number of rotatable bonds is 7. The minimum atomic E-state index is -0.924. The van der Waals surface area contributed by atoms with Gasteiger partial charge in [-0.05, 0) is 34.1 Å².